The zero-order valence-electron chi connectivity index (χ0n) is 14.0. The van der Waals surface area contributed by atoms with Crippen LogP contribution in [0.5, 0.6) is 0 Å². The Kier molecular flexibility index (Phi) is 2.66. The molecule has 1 aliphatic heterocycles. The van der Waals surface area contributed by atoms with Crippen molar-refractivity contribution in [3.63, 3.8) is 0 Å². The summed E-state index contributed by atoms with van der Waals surface area (Å²) in [7, 11) is -0.293. The first-order chi connectivity index (χ1) is 11.0. The van der Waals surface area contributed by atoms with E-state index in [2.05, 4.69) is 50.0 Å². The molecule has 6 rings (SSSR count). The van der Waals surface area contributed by atoms with Gasteiger partial charge in [-0.3, -0.25) is 4.98 Å². The molecule has 4 heteroatoms. The summed E-state index contributed by atoms with van der Waals surface area (Å²) in [5.41, 5.74) is 2.27. The molecule has 3 nitrogen and oxygen atoms in total. The summed E-state index contributed by atoms with van der Waals surface area (Å²) in [5.74, 6) is 1.37. The smallest absolute Gasteiger partial charge is 0.401 e. The van der Waals surface area contributed by atoms with E-state index in [-0.39, 0.29) is 18.8 Å². The Hall–Kier alpha value is -1.39. The van der Waals surface area contributed by atoms with Crippen molar-refractivity contribution in [3.05, 3.63) is 36.5 Å². The van der Waals surface area contributed by atoms with Gasteiger partial charge in [0.1, 0.15) is 0 Å². The van der Waals surface area contributed by atoms with Gasteiger partial charge in [0.15, 0.2) is 0 Å². The van der Waals surface area contributed by atoms with E-state index in [1.54, 1.807) is 0 Å². The number of rotatable bonds is 1. The molecule has 118 valence electrons. The third kappa shape index (κ3) is 1.71. The van der Waals surface area contributed by atoms with Crippen molar-refractivity contribution >= 4 is 23.5 Å². The number of para-hydroxylation sites is 1. The van der Waals surface area contributed by atoms with Crippen LogP contribution in [0.4, 0.5) is 0 Å². The van der Waals surface area contributed by atoms with Gasteiger partial charge in [0.05, 0.1) is 17.2 Å². The van der Waals surface area contributed by atoms with E-state index in [1.807, 2.05) is 12.3 Å². The lowest BCUT2D eigenvalue weighted by Gasteiger charge is -2.64. The number of fused-ring (bicyclic) bond motifs is 1. The van der Waals surface area contributed by atoms with E-state index in [0.29, 0.717) is 11.3 Å². The Bertz CT molecular complexity index is 787. The molecule has 2 bridgehead atoms. The van der Waals surface area contributed by atoms with Gasteiger partial charge in [-0.2, -0.15) is 0 Å². The fourth-order valence-corrected chi connectivity index (χ4v) is 5.32. The molecule has 2 aromatic rings. The zero-order chi connectivity index (χ0) is 15.8. The van der Waals surface area contributed by atoms with Crippen molar-refractivity contribution < 1.29 is 9.31 Å². The van der Waals surface area contributed by atoms with Gasteiger partial charge in [-0.15, -0.1) is 0 Å². The maximum absolute atomic E-state index is 6.57. The van der Waals surface area contributed by atoms with Crippen LogP contribution in [0.25, 0.3) is 10.9 Å². The van der Waals surface area contributed by atoms with Crippen LogP contribution in [0, 0.1) is 17.3 Å². The van der Waals surface area contributed by atoms with E-state index in [1.165, 1.54) is 6.42 Å². The second kappa shape index (κ2) is 4.37. The average molecular weight is 307 g/mol. The second-order valence-electron chi connectivity index (χ2n) is 8.22. The van der Waals surface area contributed by atoms with Crippen LogP contribution in [-0.2, 0) is 9.31 Å². The highest BCUT2D eigenvalue weighted by Gasteiger charge is 2.68. The summed E-state index contributed by atoms with van der Waals surface area (Å²) in [6, 6.07) is 10.3. The van der Waals surface area contributed by atoms with E-state index in [9.17, 15) is 0 Å². The fourth-order valence-electron chi connectivity index (χ4n) is 5.32. The van der Waals surface area contributed by atoms with E-state index < -0.39 is 0 Å². The normalized spacial score (nSPS) is 37.5. The summed E-state index contributed by atoms with van der Waals surface area (Å²) in [5, 5.41) is 1.14. The van der Waals surface area contributed by atoms with E-state index >= 15 is 0 Å². The zero-order valence-corrected chi connectivity index (χ0v) is 14.0. The van der Waals surface area contributed by atoms with Crippen molar-refractivity contribution in [2.24, 2.45) is 17.3 Å². The lowest BCUT2D eigenvalue weighted by Crippen LogP contribution is -2.65. The van der Waals surface area contributed by atoms with Crippen LogP contribution < -0.4 is 5.46 Å². The Morgan fingerprint density at radius 1 is 1.13 bits per heavy atom. The maximum Gasteiger partial charge on any atom is 0.496 e. The van der Waals surface area contributed by atoms with Crippen LogP contribution in [-0.4, -0.2) is 23.8 Å². The lowest BCUT2D eigenvalue weighted by atomic mass is 9.43. The molecular weight excluding hydrogens is 285 g/mol. The minimum atomic E-state index is -0.293. The topological polar surface area (TPSA) is 31.4 Å². The van der Waals surface area contributed by atoms with Crippen LogP contribution >= 0.6 is 0 Å². The summed E-state index contributed by atoms with van der Waals surface area (Å²) in [6.45, 7) is 7.05. The van der Waals surface area contributed by atoms with Gasteiger partial charge in [0.25, 0.3) is 0 Å². The number of nitrogens with zero attached hydrogens (tertiary/aromatic N) is 1. The molecule has 1 aromatic heterocycles. The first-order valence-electron chi connectivity index (χ1n) is 8.67. The molecule has 0 radical (unpaired) electrons. The van der Waals surface area contributed by atoms with Crippen LogP contribution in [0.2, 0.25) is 0 Å². The second-order valence-corrected chi connectivity index (χ2v) is 8.22. The highest BCUT2D eigenvalue weighted by Crippen LogP contribution is 2.65. The number of hydrogen-bond donors (Lipinski definition) is 0. The molecule has 23 heavy (non-hydrogen) atoms. The number of pyridine rings is 1. The number of benzene rings is 1. The highest BCUT2D eigenvalue weighted by molar-refractivity contribution is 6.64. The Labute approximate surface area is 137 Å². The van der Waals surface area contributed by atoms with Crippen molar-refractivity contribution in [1.29, 1.82) is 0 Å². The molecule has 1 aromatic carbocycles. The minimum Gasteiger partial charge on any atom is -0.401 e. The molecule has 0 N–H and O–H groups in total. The van der Waals surface area contributed by atoms with Gasteiger partial charge in [0.2, 0.25) is 0 Å². The van der Waals surface area contributed by atoms with Crippen LogP contribution in [0.1, 0.15) is 33.6 Å². The summed E-state index contributed by atoms with van der Waals surface area (Å²) in [6.07, 6.45) is 4.46. The lowest BCUT2D eigenvalue weighted by molar-refractivity contribution is -0.199. The number of aromatic nitrogens is 1. The maximum atomic E-state index is 6.57. The van der Waals surface area contributed by atoms with Crippen LogP contribution in [0.3, 0.4) is 0 Å². The van der Waals surface area contributed by atoms with Gasteiger partial charge in [-0.25, -0.2) is 0 Å². The Morgan fingerprint density at radius 2 is 1.96 bits per heavy atom. The SMILES string of the molecule is CC12OB(c3cccc4cccnc34)OC1C[C@@H]1C[C@H]2C1(C)C. The molecule has 4 fully saturated rings. The predicted molar refractivity (Wildman–Crippen MR) is 91.5 cm³/mol. The molecule has 4 aliphatic rings. The first kappa shape index (κ1) is 14.0. The van der Waals surface area contributed by atoms with Crippen LogP contribution in [0.15, 0.2) is 36.5 Å². The Balaban J connectivity index is 1.55. The molecular formula is C19H22BNO2. The minimum absolute atomic E-state index is 0.167. The summed E-state index contributed by atoms with van der Waals surface area (Å²) < 4.78 is 13.0. The monoisotopic (exact) mass is 307 g/mol. The number of hydrogen-bond acceptors (Lipinski definition) is 3. The van der Waals surface area contributed by atoms with Crippen molar-refractivity contribution in [2.45, 2.75) is 45.3 Å². The van der Waals surface area contributed by atoms with Gasteiger partial charge >= 0.3 is 7.12 Å². The van der Waals surface area contributed by atoms with Crippen molar-refractivity contribution in [3.8, 4) is 0 Å². The molecule has 0 amide bonds. The molecule has 0 spiro atoms. The third-order valence-corrected chi connectivity index (χ3v) is 6.87. The average Bonchev–Trinajstić information content (AvgIpc) is 2.90. The largest absolute Gasteiger partial charge is 0.496 e. The highest BCUT2D eigenvalue weighted by atomic mass is 16.7. The molecule has 3 saturated carbocycles. The standard InChI is InChI=1S/C19H22BNO2/c1-18(2)13-10-15(18)19(3)16(11-13)22-20(23-19)14-8-4-6-12-7-5-9-21-17(12)14/h4-9,13,15-16H,10-11H2,1-3H3/t13-,15-,16?,19?/m0/s1. The van der Waals surface area contributed by atoms with E-state index in [0.717, 1.165) is 28.7 Å². The molecule has 3 aliphatic carbocycles. The van der Waals surface area contributed by atoms with Crippen molar-refractivity contribution in [2.75, 3.05) is 0 Å². The van der Waals surface area contributed by atoms with Gasteiger partial charge in [0, 0.05) is 11.7 Å². The quantitative estimate of drug-likeness (QED) is 0.758. The van der Waals surface area contributed by atoms with Gasteiger partial charge < -0.3 is 9.31 Å². The molecule has 1 saturated heterocycles. The van der Waals surface area contributed by atoms with Gasteiger partial charge in [-0.05, 0) is 48.5 Å². The first-order valence-corrected chi connectivity index (χ1v) is 8.67. The molecule has 4 atom stereocenters. The molecule has 2 unspecified atom stereocenters. The summed E-state index contributed by atoms with van der Waals surface area (Å²) in [4.78, 5) is 4.56. The van der Waals surface area contributed by atoms with E-state index in [4.69, 9.17) is 9.31 Å². The summed E-state index contributed by atoms with van der Waals surface area (Å²) >= 11 is 0. The van der Waals surface area contributed by atoms with Gasteiger partial charge in [-0.1, -0.05) is 38.1 Å². The third-order valence-electron chi connectivity index (χ3n) is 6.87. The molecule has 2 heterocycles. The predicted octanol–water partition coefficient (Wildman–Crippen LogP) is 3.17. The fraction of sp³-hybridized carbons (Fsp3) is 0.526. The van der Waals surface area contributed by atoms with Crippen molar-refractivity contribution in [1.82, 2.24) is 4.98 Å². The Morgan fingerprint density at radius 3 is 2.78 bits per heavy atom.